The number of carbonyl (C=O) groups excluding carboxylic acids is 1. The number of methoxy groups -OCH3 is 1. The van der Waals surface area contributed by atoms with Crippen LogP contribution in [0.2, 0.25) is 0 Å². The quantitative estimate of drug-likeness (QED) is 0.270. The van der Waals surface area contributed by atoms with E-state index in [-0.39, 0.29) is 17.2 Å². The maximum absolute atomic E-state index is 12.8. The molecular weight excluding hydrogens is 444 g/mol. The number of nitrogens with two attached hydrogens (primary N) is 1. The topological polar surface area (TPSA) is 104 Å². The molecule has 1 atom stereocenters. The number of benzene rings is 3. The number of unbranched alkanes of at least 4 members (excludes halogenated alkanes) is 1. The van der Waals surface area contributed by atoms with Gasteiger partial charge < -0.3 is 24.7 Å². The molecule has 4 rings (SSSR count). The molecule has 0 amide bonds. The SMILES string of the molecule is CCCCOc1cccc(C(=O)Oc2ccc3c(c2)OC(N)=C(C#N)C3c2ccccc2OC)c1. The number of allylic oxidation sites excluding steroid dienone is 1. The molecular formula is C28H26N2O5. The molecule has 0 saturated carbocycles. The van der Waals surface area contributed by atoms with Crippen LogP contribution in [0.3, 0.4) is 0 Å². The third kappa shape index (κ3) is 5.07. The van der Waals surface area contributed by atoms with Gasteiger partial charge in [-0.05, 0) is 36.8 Å². The number of carbonyl (C=O) groups is 1. The fourth-order valence-corrected chi connectivity index (χ4v) is 3.94. The Morgan fingerprint density at radius 3 is 2.66 bits per heavy atom. The number of ether oxygens (including phenoxy) is 4. The molecule has 0 aromatic heterocycles. The van der Waals surface area contributed by atoms with Gasteiger partial charge in [0, 0.05) is 17.2 Å². The molecule has 7 heteroatoms. The first kappa shape index (κ1) is 23.7. The van der Waals surface area contributed by atoms with Crippen LogP contribution in [0.4, 0.5) is 0 Å². The second-order valence-electron chi connectivity index (χ2n) is 7.99. The highest BCUT2D eigenvalue weighted by molar-refractivity contribution is 5.91. The first-order valence-corrected chi connectivity index (χ1v) is 11.3. The van der Waals surface area contributed by atoms with Gasteiger partial charge >= 0.3 is 5.97 Å². The summed E-state index contributed by atoms with van der Waals surface area (Å²) in [6.45, 7) is 2.67. The summed E-state index contributed by atoms with van der Waals surface area (Å²) in [6, 6.07) is 21.5. The summed E-state index contributed by atoms with van der Waals surface area (Å²) in [4.78, 5) is 12.8. The molecule has 3 aromatic carbocycles. The molecule has 3 aromatic rings. The van der Waals surface area contributed by atoms with Crippen molar-refractivity contribution in [3.63, 3.8) is 0 Å². The molecule has 0 saturated heterocycles. The van der Waals surface area contributed by atoms with Crippen LogP contribution < -0.4 is 24.7 Å². The molecule has 0 bridgehead atoms. The lowest BCUT2D eigenvalue weighted by molar-refractivity contribution is 0.0734. The standard InChI is InChI=1S/C28H26N2O5/c1-3-4-14-33-19-9-7-8-18(15-19)28(31)34-20-12-13-22-25(16-20)35-27(30)23(17-29)26(22)21-10-5-6-11-24(21)32-2/h5-13,15-16,26H,3-4,14,30H2,1-2H3. The van der Waals surface area contributed by atoms with Crippen LogP contribution in [0.5, 0.6) is 23.0 Å². The Labute approximate surface area is 204 Å². The van der Waals surface area contributed by atoms with Gasteiger partial charge in [-0.1, -0.05) is 43.7 Å². The molecule has 7 nitrogen and oxygen atoms in total. The van der Waals surface area contributed by atoms with Gasteiger partial charge in [0.2, 0.25) is 5.88 Å². The number of hydrogen-bond acceptors (Lipinski definition) is 7. The molecule has 0 aliphatic carbocycles. The fourth-order valence-electron chi connectivity index (χ4n) is 3.94. The van der Waals surface area contributed by atoms with Crippen LogP contribution >= 0.6 is 0 Å². The zero-order valence-electron chi connectivity index (χ0n) is 19.6. The second-order valence-corrected chi connectivity index (χ2v) is 7.99. The van der Waals surface area contributed by atoms with Crippen LogP contribution in [-0.2, 0) is 0 Å². The van der Waals surface area contributed by atoms with Crippen molar-refractivity contribution in [1.82, 2.24) is 0 Å². The summed E-state index contributed by atoms with van der Waals surface area (Å²) in [5.41, 5.74) is 8.26. The number of para-hydroxylation sites is 1. The van der Waals surface area contributed by atoms with Gasteiger partial charge in [0.25, 0.3) is 0 Å². The van der Waals surface area contributed by atoms with Gasteiger partial charge in [0.05, 0.1) is 25.2 Å². The molecule has 0 spiro atoms. The molecule has 35 heavy (non-hydrogen) atoms. The van der Waals surface area contributed by atoms with Gasteiger partial charge in [0.15, 0.2) is 0 Å². The van der Waals surface area contributed by atoms with E-state index in [9.17, 15) is 10.1 Å². The van der Waals surface area contributed by atoms with Crippen molar-refractivity contribution in [2.45, 2.75) is 25.7 Å². The normalized spacial score (nSPS) is 14.4. The van der Waals surface area contributed by atoms with Gasteiger partial charge in [0.1, 0.15) is 34.6 Å². The predicted molar refractivity (Wildman–Crippen MR) is 131 cm³/mol. The zero-order valence-corrected chi connectivity index (χ0v) is 19.6. The highest BCUT2D eigenvalue weighted by Crippen LogP contribution is 2.45. The van der Waals surface area contributed by atoms with Gasteiger partial charge in [-0.15, -0.1) is 0 Å². The molecule has 1 aliphatic rings. The van der Waals surface area contributed by atoms with Crippen molar-refractivity contribution in [2.24, 2.45) is 5.73 Å². The monoisotopic (exact) mass is 470 g/mol. The minimum atomic E-state index is -0.524. The van der Waals surface area contributed by atoms with Crippen LogP contribution in [0.15, 0.2) is 78.2 Å². The van der Waals surface area contributed by atoms with Crippen LogP contribution in [0.1, 0.15) is 47.2 Å². The summed E-state index contributed by atoms with van der Waals surface area (Å²) < 4.78 is 22.5. The lowest BCUT2D eigenvalue weighted by Crippen LogP contribution is -2.21. The Bertz CT molecular complexity index is 1310. The Morgan fingerprint density at radius 1 is 1.06 bits per heavy atom. The number of fused-ring (bicyclic) bond motifs is 1. The third-order valence-corrected chi connectivity index (χ3v) is 5.69. The third-order valence-electron chi connectivity index (χ3n) is 5.69. The van der Waals surface area contributed by atoms with E-state index in [1.54, 1.807) is 49.6 Å². The fraction of sp³-hybridized carbons (Fsp3) is 0.214. The lowest BCUT2D eigenvalue weighted by Gasteiger charge is -2.27. The van der Waals surface area contributed by atoms with E-state index in [1.807, 2.05) is 24.3 Å². The van der Waals surface area contributed by atoms with Crippen LogP contribution in [-0.4, -0.2) is 19.7 Å². The lowest BCUT2D eigenvalue weighted by atomic mass is 9.83. The molecule has 0 radical (unpaired) electrons. The Morgan fingerprint density at radius 2 is 1.89 bits per heavy atom. The van der Waals surface area contributed by atoms with Crippen molar-refractivity contribution in [3.05, 3.63) is 94.9 Å². The highest BCUT2D eigenvalue weighted by Gasteiger charge is 2.32. The zero-order chi connectivity index (χ0) is 24.8. The smallest absolute Gasteiger partial charge is 0.343 e. The maximum atomic E-state index is 12.8. The molecule has 1 aliphatic heterocycles. The van der Waals surface area contributed by atoms with Gasteiger partial charge in [-0.3, -0.25) is 0 Å². The van der Waals surface area contributed by atoms with Gasteiger partial charge in [-0.2, -0.15) is 5.26 Å². The first-order chi connectivity index (χ1) is 17.0. The average molecular weight is 471 g/mol. The minimum absolute atomic E-state index is 0.00341. The average Bonchev–Trinajstić information content (AvgIpc) is 2.88. The van der Waals surface area contributed by atoms with E-state index in [0.29, 0.717) is 35.0 Å². The number of esters is 1. The molecule has 2 N–H and O–H groups in total. The first-order valence-electron chi connectivity index (χ1n) is 11.3. The van der Waals surface area contributed by atoms with Gasteiger partial charge in [-0.25, -0.2) is 4.79 Å². The van der Waals surface area contributed by atoms with Crippen molar-refractivity contribution >= 4 is 5.97 Å². The summed E-state index contributed by atoms with van der Waals surface area (Å²) in [5.74, 6) is 0.922. The van der Waals surface area contributed by atoms with E-state index in [1.165, 1.54) is 0 Å². The van der Waals surface area contributed by atoms with Crippen molar-refractivity contribution in [2.75, 3.05) is 13.7 Å². The van der Waals surface area contributed by atoms with E-state index in [0.717, 1.165) is 18.4 Å². The molecule has 0 fully saturated rings. The summed E-state index contributed by atoms with van der Waals surface area (Å²) in [6.07, 6.45) is 1.96. The Hall–Kier alpha value is -4.44. The number of nitriles is 1. The largest absolute Gasteiger partial charge is 0.496 e. The minimum Gasteiger partial charge on any atom is -0.496 e. The van der Waals surface area contributed by atoms with E-state index in [4.69, 9.17) is 24.7 Å². The second kappa shape index (κ2) is 10.7. The number of nitrogens with zero attached hydrogens (tertiary/aromatic N) is 1. The summed E-state index contributed by atoms with van der Waals surface area (Å²) >= 11 is 0. The van der Waals surface area contributed by atoms with Crippen LogP contribution in [0, 0.1) is 11.3 Å². The van der Waals surface area contributed by atoms with Crippen molar-refractivity contribution in [3.8, 4) is 29.1 Å². The number of rotatable bonds is 8. The number of hydrogen-bond donors (Lipinski definition) is 1. The van der Waals surface area contributed by atoms with Crippen molar-refractivity contribution in [1.29, 1.82) is 5.26 Å². The van der Waals surface area contributed by atoms with E-state index < -0.39 is 11.9 Å². The highest BCUT2D eigenvalue weighted by atomic mass is 16.5. The maximum Gasteiger partial charge on any atom is 0.343 e. The van der Waals surface area contributed by atoms with E-state index in [2.05, 4.69) is 13.0 Å². The Kier molecular flexibility index (Phi) is 7.22. The molecule has 1 unspecified atom stereocenters. The molecule has 178 valence electrons. The molecule has 1 heterocycles. The summed E-state index contributed by atoms with van der Waals surface area (Å²) in [5, 5.41) is 9.78. The predicted octanol–water partition coefficient (Wildman–Crippen LogP) is 5.31. The van der Waals surface area contributed by atoms with Crippen molar-refractivity contribution < 1.29 is 23.7 Å². The van der Waals surface area contributed by atoms with Crippen LogP contribution in [0.25, 0.3) is 0 Å². The summed E-state index contributed by atoms with van der Waals surface area (Å²) in [7, 11) is 1.57. The van der Waals surface area contributed by atoms with E-state index >= 15 is 0 Å². The Balaban J connectivity index is 1.61.